The zero-order valence-electron chi connectivity index (χ0n) is 19.8. The number of carbonyl (C=O) groups excluding carboxylic acids is 1. The summed E-state index contributed by atoms with van der Waals surface area (Å²) in [5, 5.41) is 21.0. The van der Waals surface area contributed by atoms with Crippen LogP contribution < -0.4 is 14.4 Å². The Morgan fingerprint density at radius 2 is 2.11 bits per heavy atom. The van der Waals surface area contributed by atoms with E-state index >= 15 is 4.39 Å². The van der Waals surface area contributed by atoms with E-state index in [0.29, 0.717) is 23.2 Å². The maximum atomic E-state index is 15.2. The van der Waals surface area contributed by atoms with Gasteiger partial charge in [0.15, 0.2) is 0 Å². The highest BCUT2D eigenvalue weighted by atomic mass is 19.1. The highest BCUT2D eigenvalue weighted by molar-refractivity contribution is 5.93. The van der Waals surface area contributed by atoms with Gasteiger partial charge in [-0.15, -0.1) is 0 Å². The van der Waals surface area contributed by atoms with Crippen molar-refractivity contribution >= 4 is 11.7 Å². The molecule has 1 aromatic heterocycles. The molecule has 0 spiro atoms. The monoisotopic (exact) mass is 480 g/mol. The summed E-state index contributed by atoms with van der Waals surface area (Å²) in [6.07, 6.45) is 0.853. The van der Waals surface area contributed by atoms with Crippen LogP contribution in [0.15, 0.2) is 29.5 Å². The molecule has 9 nitrogen and oxygen atoms in total. The van der Waals surface area contributed by atoms with E-state index in [1.165, 1.54) is 14.2 Å². The number of aromatic nitrogens is 2. The molecule has 35 heavy (non-hydrogen) atoms. The molecule has 2 aromatic rings. The molecule has 182 valence electrons. The van der Waals surface area contributed by atoms with Crippen LogP contribution in [0.3, 0.4) is 0 Å². The van der Waals surface area contributed by atoms with Crippen LogP contribution in [0.25, 0.3) is 0 Å². The molecule has 10 heteroatoms. The number of ether oxygens (including phenoxy) is 3. The van der Waals surface area contributed by atoms with Gasteiger partial charge in [-0.3, -0.25) is 0 Å². The van der Waals surface area contributed by atoms with Gasteiger partial charge in [0.25, 0.3) is 0 Å². The highest BCUT2D eigenvalue weighted by Crippen LogP contribution is 2.58. The molecule has 0 amide bonds. The molecule has 2 aliphatic carbocycles. The van der Waals surface area contributed by atoms with Crippen LogP contribution in [0.5, 0.6) is 11.9 Å². The number of benzene rings is 1. The fourth-order valence-corrected chi connectivity index (χ4v) is 5.70. The Bertz CT molecular complexity index is 1290. The van der Waals surface area contributed by atoms with Crippen molar-refractivity contribution in [2.24, 2.45) is 5.92 Å². The second-order valence-electron chi connectivity index (χ2n) is 8.86. The number of halogens is 1. The fourth-order valence-electron chi connectivity index (χ4n) is 5.70. The van der Waals surface area contributed by atoms with Gasteiger partial charge in [-0.05, 0) is 36.6 Å². The molecule has 5 rings (SSSR count). The quantitative estimate of drug-likeness (QED) is 0.645. The van der Waals surface area contributed by atoms with Crippen LogP contribution in [-0.4, -0.2) is 54.0 Å². The maximum Gasteiger partial charge on any atom is 0.334 e. The predicted molar refractivity (Wildman–Crippen MR) is 121 cm³/mol. The van der Waals surface area contributed by atoms with E-state index in [1.54, 1.807) is 19.2 Å². The van der Waals surface area contributed by atoms with Gasteiger partial charge in [-0.25, -0.2) is 14.2 Å². The normalized spacial score (nSPS) is 26.2. The van der Waals surface area contributed by atoms with Crippen LogP contribution >= 0.6 is 0 Å². The van der Waals surface area contributed by atoms with E-state index in [4.69, 9.17) is 14.2 Å². The van der Waals surface area contributed by atoms with Crippen LogP contribution in [-0.2, 0) is 9.53 Å². The van der Waals surface area contributed by atoms with E-state index in [1.807, 2.05) is 13.0 Å². The third-order valence-corrected chi connectivity index (χ3v) is 7.15. The number of hydrogen-bond donors (Lipinski definition) is 1. The Balaban J connectivity index is 1.73. The number of methoxy groups -OCH3 is 2. The first-order valence-electron chi connectivity index (χ1n) is 11.4. The second-order valence-corrected chi connectivity index (χ2v) is 8.86. The largest absolute Gasteiger partial charge is 0.479 e. The van der Waals surface area contributed by atoms with Crippen molar-refractivity contribution in [3.05, 3.63) is 52.0 Å². The lowest BCUT2D eigenvalue weighted by atomic mass is 9.66. The molecule has 1 aromatic carbocycles. The van der Waals surface area contributed by atoms with Crippen LogP contribution in [0.4, 0.5) is 10.1 Å². The van der Waals surface area contributed by atoms with Crippen molar-refractivity contribution < 1.29 is 28.5 Å². The molecule has 3 aliphatic rings. The summed E-state index contributed by atoms with van der Waals surface area (Å²) in [7, 11) is 2.94. The minimum absolute atomic E-state index is 0.108. The van der Waals surface area contributed by atoms with Crippen molar-refractivity contribution in [3.63, 3.8) is 0 Å². The van der Waals surface area contributed by atoms with Crippen molar-refractivity contribution in [2.45, 2.75) is 44.4 Å². The number of carbonyl (C=O) groups is 1. The minimum Gasteiger partial charge on any atom is -0.479 e. The van der Waals surface area contributed by atoms with Gasteiger partial charge in [0, 0.05) is 29.0 Å². The number of nitrogens with zero attached hydrogens (tertiary/aromatic N) is 4. The first-order chi connectivity index (χ1) is 16.9. The topological polar surface area (TPSA) is 118 Å². The molecular formula is C25H25FN4O5. The lowest BCUT2D eigenvalue weighted by Gasteiger charge is -2.50. The number of rotatable bonds is 5. The number of aliphatic hydroxyl groups excluding tert-OH is 1. The molecule has 0 bridgehead atoms. The van der Waals surface area contributed by atoms with Gasteiger partial charge in [0.1, 0.15) is 11.5 Å². The summed E-state index contributed by atoms with van der Waals surface area (Å²) in [6, 6.07) is 4.22. The smallest absolute Gasteiger partial charge is 0.334 e. The van der Waals surface area contributed by atoms with Gasteiger partial charge in [-0.2, -0.15) is 10.2 Å². The Hall–Kier alpha value is -3.71. The average molecular weight is 480 g/mol. The summed E-state index contributed by atoms with van der Waals surface area (Å²) in [4.78, 5) is 23.7. The molecule has 5 unspecified atom stereocenters. The average Bonchev–Trinajstić information content (AvgIpc) is 3.65. The van der Waals surface area contributed by atoms with Gasteiger partial charge in [-0.1, -0.05) is 6.92 Å². The Morgan fingerprint density at radius 3 is 2.77 bits per heavy atom. The molecule has 1 aliphatic heterocycles. The number of hydrogen-bond acceptors (Lipinski definition) is 9. The molecule has 1 fully saturated rings. The van der Waals surface area contributed by atoms with Crippen molar-refractivity contribution in [1.82, 2.24) is 9.97 Å². The molecule has 1 saturated carbocycles. The van der Waals surface area contributed by atoms with E-state index in [-0.39, 0.29) is 41.6 Å². The minimum atomic E-state index is -1.32. The first-order valence-corrected chi connectivity index (χ1v) is 11.4. The number of anilines is 1. The summed E-state index contributed by atoms with van der Waals surface area (Å²) in [6.45, 7) is 3.81. The molecule has 2 heterocycles. The van der Waals surface area contributed by atoms with Gasteiger partial charge >= 0.3 is 12.0 Å². The summed E-state index contributed by atoms with van der Waals surface area (Å²) >= 11 is 0. The van der Waals surface area contributed by atoms with Crippen molar-refractivity contribution in [1.29, 1.82) is 5.26 Å². The highest BCUT2D eigenvalue weighted by Gasteiger charge is 2.59. The number of aliphatic hydroxyl groups is 1. The standard InChI is InChI=1S/C25H25FN4O5/c1-5-35-24(32)19-14-8-16(14)30(17-10-28-25(34-4)29-23(17)33-3)21-11(2)13-6-12(9-27)7-15(26)18(13)22(31)20(19)21/h6-7,10-11,16,20-22,31H,5,8H2,1-4H3. The zero-order chi connectivity index (χ0) is 25.0. The summed E-state index contributed by atoms with van der Waals surface area (Å²) < 4.78 is 31.2. The predicted octanol–water partition coefficient (Wildman–Crippen LogP) is 2.79. The molecule has 0 radical (unpaired) electrons. The van der Waals surface area contributed by atoms with Gasteiger partial charge in [0.2, 0.25) is 5.88 Å². The molecule has 0 saturated heterocycles. The lowest BCUT2D eigenvalue weighted by molar-refractivity contribution is -0.140. The van der Waals surface area contributed by atoms with E-state index in [0.717, 1.165) is 11.6 Å². The van der Waals surface area contributed by atoms with Crippen molar-refractivity contribution in [3.8, 4) is 18.0 Å². The van der Waals surface area contributed by atoms with Gasteiger partial charge in [0.05, 0.1) is 50.8 Å². The number of esters is 1. The van der Waals surface area contributed by atoms with E-state index < -0.39 is 29.9 Å². The fraction of sp³-hybridized carbons (Fsp3) is 0.440. The van der Waals surface area contributed by atoms with Crippen LogP contribution in [0, 0.1) is 23.1 Å². The van der Waals surface area contributed by atoms with Crippen LogP contribution in [0.1, 0.15) is 49.0 Å². The SMILES string of the molecule is CCOC(=O)C1=C2CC2N(c2cnc(OC)nc2OC)C2C(C)c3cc(C#N)cc(F)c3C(O)C12. The molecule has 1 N–H and O–H groups in total. The maximum absolute atomic E-state index is 15.2. The summed E-state index contributed by atoms with van der Waals surface area (Å²) in [5.41, 5.74) is 2.62. The number of fused-ring (bicyclic) bond motifs is 3. The summed E-state index contributed by atoms with van der Waals surface area (Å²) in [5.74, 6) is -2.01. The second kappa shape index (κ2) is 8.50. The third kappa shape index (κ3) is 3.41. The zero-order valence-corrected chi connectivity index (χ0v) is 19.8. The van der Waals surface area contributed by atoms with E-state index in [2.05, 4.69) is 14.9 Å². The van der Waals surface area contributed by atoms with E-state index in [9.17, 15) is 15.2 Å². The Morgan fingerprint density at radius 1 is 1.34 bits per heavy atom. The third-order valence-electron chi connectivity index (χ3n) is 7.15. The number of nitriles is 1. The Kier molecular flexibility index (Phi) is 5.60. The first kappa shape index (κ1) is 23.1. The van der Waals surface area contributed by atoms with Crippen molar-refractivity contribution in [2.75, 3.05) is 25.7 Å². The Labute approximate surface area is 201 Å². The molecule has 5 atom stereocenters. The lowest BCUT2D eigenvalue weighted by Crippen LogP contribution is -2.54. The van der Waals surface area contributed by atoms with Gasteiger partial charge < -0.3 is 24.2 Å². The molecular weight excluding hydrogens is 455 g/mol. The van der Waals surface area contributed by atoms with Crippen LogP contribution in [0.2, 0.25) is 0 Å².